The Hall–Kier alpha value is -1.02. The smallest absolute Gasteiger partial charge is 0.0367 e. The molecular formula is C10H14N2. The van der Waals surface area contributed by atoms with Gasteiger partial charge in [-0.15, -0.1) is 0 Å². The van der Waals surface area contributed by atoms with Crippen LogP contribution in [0, 0.1) is 6.92 Å². The molecule has 64 valence electrons. The lowest BCUT2D eigenvalue weighted by molar-refractivity contribution is 0.715. The standard InChI is InChI=1S/C10H14N2/c1-6-4-7-2-3-8(11)10(7)9(12)5-6/h4-5,8H,2-3,11-12H2,1H3. The summed E-state index contributed by atoms with van der Waals surface area (Å²) in [5.74, 6) is 0. The summed E-state index contributed by atoms with van der Waals surface area (Å²) in [4.78, 5) is 0. The molecule has 0 heterocycles. The van der Waals surface area contributed by atoms with Crippen molar-refractivity contribution in [3.8, 4) is 0 Å². The van der Waals surface area contributed by atoms with Crippen molar-refractivity contribution in [2.75, 3.05) is 5.73 Å². The van der Waals surface area contributed by atoms with Gasteiger partial charge in [-0.3, -0.25) is 0 Å². The van der Waals surface area contributed by atoms with E-state index in [0.29, 0.717) is 0 Å². The monoisotopic (exact) mass is 162 g/mol. The molecule has 2 nitrogen and oxygen atoms in total. The highest BCUT2D eigenvalue weighted by Gasteiger charge is 2.21. The highest BCUT2D eigenvalue weighted by molar-refractivity contribution is 5.56. The first-order valence-corrected chi connectivity index (χ1v) is 4.33. The number of aryl methyl sites for hydroxylation is 2. The predicted octanol–water partition coefficient (Wildman–Crippen LogP) is 1.52. The van der Waals surface area contributed by atoms with E-state index in [4.69, 9.17) is 11.5 Å². The summed E-state index contributed by atoms with van der Waals surface area (Å²) in [5, 5.41) is 0. The van der Waals surface area contributed by atoms with Gasteiger partial charge in [-0.05, 0) is 42.5 Å². The van der Waals surface area contributed by atoms with Crippen LogP contribution in [0.15, 0.2) is 12.1 Å². The van der Waals surface area contributed by atoms with Crippen molar-refractivity contribution in [3.63, 3.8) is 0 Å². The maximum absolute atomic E-state index is 5.92. The summed E-state index contributed by atoms with van der Waals surface area (Å²) in [6.07, 6.45) is 2.13. The molecule has 0 radical (unpaired) electrons. The minimum atomic E-state index is 0.167. The number of hydrogen-bond donors (Lipinski definition) is 2. The third kappa shape index (κ3) is 0.994. The van der Waals surface area contributed by atoms with E-state index in [1.165, 1.54) is 16.7 Å². The molecule has 1 aromatic rings. The minimum Gasteiger partial charge on any atom is -0.398 e. The molecule has 1 aliphatic rings. The van der Waals surface area contributed by atoms with Gasteiger partial charge in [0.1, 0.15) is 0 Å². The summed E-state index contributed by atoms with van der Waals surface area (Å²) in [6, 6.07) is 4.36. The van der Waals surface area contributed by atoms with Crippen LogP contribution in [0.1, 0.15) is 29.2 Å². The highest BCUT2D eigenvalue weighted by atomic mass is 14.7. The second-order valence-corrected chi connectivity index (χ2v) is 3.57. The lowest BCUT2D eigenvalue weighted by atomic mass is 10.0. The average Bonchev–Trinajstić information content (AvgIpc) is 2.31. The van der Waals surface area contributed by atoms with Gasteiger partial charge in [0.2, 0.25) is 0 Å². The summed E-state index contributed by atoms with van der Waals surface area (Å²) in [5.41, 5.74) is 16.4. The molecule has 0 amide bonds. The van der Waals surface area contributed by atoms with Crippen LogP contribution in [-0.4, -0.2) is 0 Å². The maximum atomic E-state index is 5.92. The summed E-state index contributed by atoms with van der Waals surface area (Å²) >= 11 is 0. The fraction of sp³-hybridized carbons (Fsp3) is 0.400. The normalized spacial score (nSPS) is 21.0. The Morgan fingerprint density at radius 2 is 2.17 bits per heavy atom. The molecule has 2 heteroatoms. The van der Waals surface area contributed by atoms with E-state index >= 15 is 0 Å². The molecule has 0 aliphatic heterocycles. The molecule has 0 bridgehead atoms. The fourth-order valence-electron chi connectivity index (χ4n) is 2.02. The molecule has 4 N–H and O–H groups in total. The van der Waals surface area contributed by atoms with Gasteiger partial charge in [0.25, 0.3) is 0 Å². The second-order valence-electron chi connectivity index (χ2n) is 3.57. The third-order valence-corrected chi connectivity index (χ3v) is 2.54. The summed E-state index contributed by atoms with van der Waals surface area (Å²) in [6.45, 7) is 2.07. The summed E-state index contributed by atoms with van der Waals surface area (Å²) < 4.78 is 0. The quantitative estimate of drug-likeness (QED) is 0.568. The van der Waals surface area contributed by atoms with E-state index in [1.54, 1.807) is 0 Å². The third-order valence-electron chi connectivity index (χ3n) is 2.54. The Bertz CT molecular complexity index is 318. The van der Waals surface area contributed by atoms with Gasteiger partial charge in [0.05, 0.1) is 0 Å². The number of nitrogens with two attached hydrogens (primary N) is 2. The van der Waals surface area contributed by atoms with E-state index in [0.717, 1.165) is 18.5 Å². The van der Waals surface area contributed by atoms with E-state index in [2.05, 4.69) is 13.0 Å². The zero-order valence-electron chi connectivity index (χ0n) is 7.30. The molecule has 0 spiro atoms. The molecule has 1 aliphatic carbocycles. The van der Waals surface area contributed by atoms with Gasteiger partial charge in [-0.25, -0.2) is 0 Å². The predicted molar refractivity (Wildman–Crippen MR) is 50.8 cm³/mol. The van der Waals surface area contributed by atoms with Crippen molar-refractivity contribution < 1.29 is 0 Å². The zero-order chi connectivity index (χ0) is 8.72. The Kier molecular flexibility index (Phi) is 1.58. The van der Waals surface area contributed by atoms with Gasteiger partial charge < -0.3 is 11.5 Å². The number of fused-ring (bicyclic) bond motifs is 1. The number of benzene rings is 1. The number of hydrogen-bond acceptors (Lipinski definition) is 2. The van der Waals surface area contributed by atoms with E-state index in [-0.39, 0.29) is 6.04 Å². The van der Waals surface area contributed by atoms with Crippen LogP contribution in [0.2, 0.25) is 0 Å². The van der Waals surface area contributed by atoms with Gasteiger partial charge in [0, 0.05) is 11.7 Å². The first-order chi connectivity index (χ1) is 5.68. The molecule has 0 saturated carbocycles. The van der Waals surface area contributed by atoms with Gasteiger partial charge in [-0.1, -0.05) is 6.07 Å². The van der Waals surface area contributed by atoms with Crippen molar-refractivity contribution in [2.24, 2.45) is 5.73 Å². The lowest BCUT2D eigenvalue weighted by Gasteiger charge is -2.09. The van der Waals surface area contributed by atoms with Crippen molar-refractivity contribution in [2.45, 2.75) is 25.8 Å². The molecule has 0 aromatic heterocycles. The lowest BCUT2D eigenvalue weighted by Crippen LogP contribution is -2.08. The number of anilines is 1. The fourth-order valence-corrected chi connectivity index (χ4v) is 2.02. The van der Waals surface area contributed by atoms with Crippen LogP contribution in [0.25, 0.3) is 0 Å². The van der Waals surface area contributed by atoms with Crippen LogP contribution in [0.4, 0.5) is 5.69 Å². The topological polar surface area (TPSA) is 52.0 Å². The van der Waals surface area contributed by atoms with Gasteiger partial charge >= 0.3 is 0 Å². The Morgan fingerprint density at radius 1 is 1.42 bits per heavy atom. The summed E-state index contributed by atoms with van der Waals surface area (Å²) in [7, 11) is 0. The number of nitrogen functional groups attached to an aromatic ring is 1. The highest BCUT2D eigenvalue weighted by Crippen LogP contribution is 2.34. The van der Waals surface area contributed by atoms with Crippen LogP contribution in [-0.2, 0) is 6.42 Å². The Balaban J connectivity index is 2.60. The molecule has 1 unspecified atom stereocenters. The maximum Gasteiger partial charge on any atom is 0.0367 e. The van der Waals surface area contributed by atoms with Crippen LogP contribution < -0.4 is 11.5 Å². The van der Waals surface area contributed by atoms with Crippen molar-refractivity contribution >= 4 is 5.69 Å². The first kappa shape index (κ1) is 7.62. The van der Waals surface area contributed by atoms with Crippen molar-refractivity contribution in [1.82, 2.24) is 0 Å². The van der Waals surface area contributed by atoms with Crippen molar-refractivity contribution in [1.29, 1.82) is 0 Å². The SMILES string of the molecule is Cc1cc(N)c2c(c1)CCC2N. The van der Waals surface area contributed by atoms with E-state index < -0.39 is 0 Å². The second kappa shape index (κ2) is 2.49. The van der Waals surface area contributed by atoms with Crippen LogP contribution in [0.5, 0.6) is 0 Å². The molecule has 1 atom stereocenters. The van der Waals surface area contributed by atoms with Crippen LogP contribution in [0.3, 0.4) is 0 Å². The first-order valence-electron chi connectivity index (χ1n) is 4.33. The van der Waals surface area contributed by atoms with Gasteiger partial charge in [-0.2, -0.15) is 0 Å². The van der Waals surface area contributed by atoms with E-state index in [1.807, 2.05) is 6.07 Å². The molecule has 0 fully saturated rings. The largest absolute Gasteiger partial charge is 0.398 e. The molecule has 0 saturated heterocycles. The molecule has 12 heavy (non-hydrogen) atoms. The average molecular weight is 162 g/mol. The van der Waals surface area contributed by atoms with E-state index in [9.17, 15) is 0 Å². The minimum absolute atomic E-state index is 0.167. The zero-order valence-corrected chi connectivity index (χ0v) is 7.30. The molecule has 1 aromatic carbocycles. The molecule has 2 rings (SSSR count). The Labute approximate surface area is 72.6 Å². The number of rotatable bonds is 0. The molecular weight excluding hydrogens is 148 g/mol. The van der Waals surface area contributed by atoms with Crippen LogP contribution >= 0.6 is 0 Å². The van der Waals surface area contributed by atoms with Gasteiger partial charge in [0.15, 0.2) is 0 Å². The van der Waals surface area contributed by atoms with Crippen molar-refractivity contribution in [3.05, 3.63) is 28.8 Å². The Morgan fingerprint density at radius 3 is 2.92 bits per heavy atom.